The van der Waals surface area contributed by atoms with Crippen molar-refractivity contribution < 1.29 is 9.59 Å². The van der Waals surface area contributed by atoms with E-state index in [9.17, 15) is 9.59 Å². The van der Waals surface area contributed by atoms with Crippen molar-refractivity contribution in [3.05, 3.63) is 34.9 Å². The molecule has 1 heterocycles. The van der Waals surface area contributed by atoms with Gasteiger partial charge >= 0.3 is 0 Å². The van der Waals surface area contributed by atoms with E-state index >= 15 is 0 Å². The fourth-order valence-corrected chi connectivity index (χ4v) is 2.31. The number of carbonyl (C=O) groups excluding carboxylic acids is 2. The maximum absolute atomic E-state index is 11.9. The van der Waals surface area contributed by atoms with Crippen LogP contribution in [0.3, 0.4) is 0 Å². The quantitative estimate of drug-likeness (QED) is 0.802. The maximum atomic E-state index is 11.9. The number of aryl methyl sites for hydroxylation is 2. The molecule has 0 unspecified atom stereocenters. The normalized spacial score (nSPS) is 16.9. The summed E-state index contributed by atoms with van der Waals surface area (Å²) in [6, 6.07) is 6.27. The van der Waals surface area contributed by atoms with E-state index < -0.39 is 0 Å². The number of hydrogen-bond acceptors (Lipinski definition) is 2. The molecule has 0 spiro atoms. The van der Waals surface area contributed by atoms with Gasteiger partial charge in [0.15, 0.2) is 0 Å². The highest BCUT2D eigenvalue weighted by Gasteiger charge is 2.20. The molecule has 0 saturated carbocycles. The predicted octanol–water partition coefficient (Wildman–Crippen LogP) is 2.39. The van der Waals surface area contributed by atoms with Crippen molar-refractivity contribution in [3.63, 3.8) is 0 Å². The topological polar surface area (TPSA) is 37.4 Å². The van der Waals surface area contributed by atoms with Crippen molar-refractivity contribution in [2.45, 2.75) is 39.7 Å². The van der Waals surface area contributed by atoms with Crippen molar-refractivity contribution in [2.24, 2.45) is 0 Å². The summed E-state index contributed by atoms with van der Waals surface area (Å²) in [5.41, 5.74) is 3.61. The van der Waals surface area contributed by atoms with Gasteiger partial charge in [-0.3, -0.25) is 9.59 Å². The number of hydrogen-bond donors (Lipinski definition) is 0. The van der Waals surface area contributed by atoms with Gasteiger partial charge in [0, 0.05) is 32.4 Å². The van der Waals surface area contributed by atoms with Crippen LogP contribution < -0.4 is 0 Å². The lowest BCUT2D eigenvalue weighted by Gasteiger charge is -2.21. The van der Waals surface area contributed by atoms with Gasteiger partial charge < -0.3 is 4.90 Å². The Hall–Kier alpha value is -1.64. The van der Waals surface area contributed by atoms with Crippen LogP contribution in [-0.2, 0) is 16.1 Å². The smallest absolute Gasteiger partial charge is 0.223 e. The molecule has 96 valence electrons. The molecule has 1 aliphatic heterocycles. The number of amides is 1. The van der Waals surface area contributed by atoms with Crippen LogP contribution in [-0.4, -0.2) is 23.1 Å². The van der Waals surface area contributed by atoms with Gasteiger partial charge in [0.2, 0.25) is 5.91 Å². The molecule has 0 atom stereocenters. The summed E-state index contributed by atoms with van der Waals surface area (Å²) in [6.07, 6.45) is 1.27. The Balaban J connectivity index is 2.12. The number of benzene rings is 1. The summed E-state index contributed by atoms with van der Waals surface area (Å²) in [6.45, 7) is 5.31. The first-order chi connectivity index (χ1) is 8.56. The minimum Gasteiger partial charge on any atom is -0.338 e. The van der Waals surface area contributed by atoms with Crippen LogP contribution in [0.1, 0.15) is 36.0 Å². The van der Waals surface area contributed by atoms with Crippen LogP contribution in [0.25, 0.3) is 0 Å². The molecule has 2 rings (SSSR count). The molecular weight excluding hydrogens is 226 g/mol. The number of carbonyl (C=O) groups is 2. The van der Waals surface area contributed by atoms with Crippen molar-refractivity contribution in [1.29, 1.82) is 0 Å². The Morgan fingerprint density at radius 1 is 1.11 bits per heavy atom. The Morgan fingerprint density at radius 3 is 2.61 bits per heavy atom. The second-order valence-electron chi connectivity index (χ2n) is 5.03. The molecule has 1 aromatic carbocycles. The third-order valence-corrected chi connectivity index (χ3v) is 3.49. The average Bonchev–Trinajstić information content (AvgIpc) is 2.47. The van der Waals surface area contributed by atoms with Gasteiger partial charge in [-0.2, -0.15) is 0 Å². The summed E-state index contributed by atoms with van der Waals surface area (Å²) in [5.74, 6) is 0.298. The van der Waals surface area contributed by atoms with E-state index in [1.54, 1.807) is 0 Å². The van der Waals surface area contributed by atoms with Crippen LogP contribution in [0.15, 0.2) is 18.2 Å². The fraction of sp³-hybridized carbons (Fsp3) is 0.467. The number of Topliss-reactive ketones (excluding diaryl/α,β-unsaturated/α-hetero) is 1. The molecule has 0 N–H and O–H groups in total. The highest BCUT2D eigenvalue weighted by atomic mass is 16.2. The summed E-state index contributed by atoms with van der Waals surface area (Å²) < 4.78 is 0. The highest BCUT2D eigenvalue weighted by molar-refractivity contribution is 5.87. The van der Waals surface area contributed by atoms with Crippen LogP contribution in [0.2, 0.25) is 0 Å². The molecule has 1 aliphatic rings. The summed E-state index contributed by atoms with van der Waals surface area (Å²) >= 11 is 0. The van der Waals surface area contributed by atoms with Crippen molar-refractivity contribution in [2.75, 3.05) is 6.54 Å². The van der Waals surface area contributed by atoms with E-state index in [1.165, 1.54) is 16.7 Å². The second kappa shape index (κ2) is 5.34. The zero-order valence-corrected chi connectivity index (χ0v) is 11.0. The van der Waals surface area contributed by atoms with Crippen molar-refractivity contribution >= 4 is 11.7 Å². The van der Waals surface area contributed by atoms with Crippen molar-refractivity contribution in [3.8, 4) is 0 Å². The third-order valence-electron chi connectivity index (χ3n) is 3.49. The van der Waals surface area contributed by atoms with Crippen LogP contribution in [0.4, 0.5) is 0 Å². The summed E-state index contributed by atoms with van der Waals surface area (Å²) in [7, 11) is 0. The molecule has 18 heavy (non-hydrogen) atoms. The summed E-state index contributed by atoms with van der Waals surface area (Å²) in [4.78, 5) is 25.1. The molecule has 0 bridgehead atoms. The number of rotatable bonds is 2. The molecule has 1 saturated heterocycles. The molecule has 1 amide bonds. The molecular formula is C15H19NO2. The minimum absolute atomic E-state index is 0.0980. The van der Waals surface area contributed by atoms with Gasteiger partial charge in [0.1, 0.15) is 5.78 Å². The zero-order chi connectivity index (χ0) is 13.1. The van der Waals surface area contributed by atoms with Crippen LogP contribution in [0, 0.1) is 13.8 Å². The van der Waals surface area contributed by atoms with Gasteiger partial charge in [-0.25, -0.2) is 0 Å². The Labute approximate surface area is 108 Å². The first kappa shape index (κ1) is 12.8. The zero-order valence-electron chi connectivity index (χ0n) is 11.0. The fourth-order valence-electron chi connectivity index (χ4n) is 2.31. The molecule has 3 heteroatoms. The van der Waals surface area contributed by atoms with E-state index in [4.69, 9.17) is 0 Å². The molecule has 0 radical (unpaired) electrons. The number of nitrogens with zero attached hydrogens (tertiary/aromatic N) is 1. The standard InChI is InChI=1S/C15H19NO2/c1-11-3-4-13(12(2)9-11)10-16-8-7-14(17)5-6-15(16)18/h3-4,9H,5-8,10H2,1-2H3. The molecule has 1 fully saturated rings. The Kier molecular flexibility index (Phi) is 3.80. The average molecular weight is 245 g/mol. The molecule has 3 nitrogen and oxygen atoms in total. The lowest BCUT2D eigenvalue weighted by Crippen LogP contribution is -2.30. The second-order valence-corrected chi connectivity index (χ2v) is 5.03. The van der Waals surface area contributed by atoms with E-state index in [1.807, 2.05) is 4.90 Å². The Bertz CT molecular complexity index is 479. The third kappa shape index (κ3) is 2.97. The molecule has 0 aromatic heterocycles. The van der Waals surface area contributed by atoms with Gasteiger partial charge in [-0.05, 0) is 25.0 Å². The van der Waals surface area contributed by atoms with Crippen LogP contribution >= 0.6 is 0 Å². The van der Waals surface area contributed by atoms with E-state index in [0.29, 0.717) is 32.4 Å². The lowest BCUT2D eigenvalue weighted by atomic mass is 10.1. The van der Waals surface area contributed by atoms with E-state index in [2.05, 4.69) is 32.0 Å². The Morgan fingerprint density at radius 2 is 1.89 bits per heavy atom. The first-order valence-corrected chi connectivity index (χ1v) is 6.42. The minimum atomic E-state index is 0.0980. The van der Waals surface area contributed by atoms with E-state index in [0.717, 1.165) is 0 Å². The predicted molar refractivity (Wildman–Crippen MR) is 70.2 cm³/mol. The van der Waals surface area contributed by atoms with Gasteiger partial charge in [-0.15, -0.1) is 0 Å². The van der Waals surface area contributed by atoms with Gasteiger partial charge in [-0.1, -0.05) is 23.8 Å². The number of ketones is 1. The number of likely N-dealkylation sites (tertiary alicyclic amines) is 1. The SMILES string of the molecule is Cc1ccc(CN2CCC(=O)CCC2=O)c(C)c1. The lowest BCUT2D eigenvalue weighted by molar-refractivity contribution is -0.131. The molecule has 1 aromatic rings. The van der Waals surface area contributed by atoms with Crippen molar-refractivity contribution in [1.82, 2.24) is 4.90 Å². The maximum Gasteiger partial charge on any atom is 0.223 e. The van der Waals surface area contributed by atoms with Gasteiger partial charge in [0.05, 0.1) is 0 Å². The first-order valence-electron chi connectivity index (χ1n) is 6.42. The molecule has 0 aliphatic carbocycles. The largest absolute Gasteiger partial charge is 0.338 e. The summed E-state index contributed by atoms with van der Waals surface area (Å²) in [5, 5.41) is 0. The highest BCUT2D eigenvalue weighted by Crippen LogP contribution is 2.16. The van der Waals surface area contributed by atoms with Crippen LogP contribution in [0.5, 0.6) is 0 Å². The monoisotopic (exact) mass is 245 g/mol. The van der Waals surface area contributed by atoms with E-state index in [-0.39, 0.29) is 11.7 Å². The van der Waals surface area contributed by atoms with Gasteiger partial charge in [0.25, 0.3) is 0 Å².